The van der Waals surface area contributed by atoms with Gasteiger partial charge in [-0.3, -0.25) is 0 Å². The van der Waals surface area contributed by atoms with Crippen molar-refractivity contribution >= 4 is 0 Å². The van der Waals surface area contributed by atoms with Crippen molar-refractivity contribution in [2.45, 2.75) is 85.7 Å². The van der Waals surface area contributed by atoms with Crippen molar-refractivity contribution in [3.63, 3.8) is 0 Å². The van der Waals surface area contributed by atoms with E-state index in [4.69, 9.17) is 0 Å². The Labute approximate surface area is 245 Å². The van der Waals surface area contributed by atoms with E-state index < -0.39 is 104 Å². The fourth-order valence-corrected chi connectivity index (χ4v) is 3.40. The van der Waals surface area contributed by atoms with Gasteiger partial charge >= 0.3 is 72.4 Å². The van der Waals surface area contributed by atoms with Gasteiger partial charge in [-0.1, -0.05) is 6.92 Å². The second-order valence-electron chi connectivity index (χ2n) is 9.24. The fraction of sp³-hybridized carbons (Fsp3) is 1.00. The molecule has 0 amide bonds. The summed E-state index contributed by atoms with van der Waals surface area (Å²) in [4.78, 5) is 0. The largest absolute Gasteiger partial charge is 0.435 e. The molecule has 0 atom stereocenters. The summed E-state index contributed by atoms with van der Waals surface area (Å²) >= 11 is 0. The minimum Gasteiger partial charge on any atom is -0.350 e. The summed E-state index contributed by atoms with van der Waals surface area (Å²) < 4.78 is 365. The zero-order valence-electron chi connectivity index (χ0n) is 21.8. The van der Waals surface area contributed by atoms with Crippen LogP contribution in [0, 0.1) is 5.41 Å². The molecule has 0 rings (SSSR count). The van der Waals surface area contributed by atoms with Crippen LogP contribution in [0.4, 0.5) is 119 Å². The molecule has 48 heavy (non-hydrogen) atoms. The Bertz CT molecular complexity index is 817. The lowest BCUT2D eigenvalue weighted by Gasteiger charge is -2.45. The molecule has 0 heterocycles. The van der Waals surface area contributed by atoms with Crippen LogP contribution >= 0.6 is 0 Å². The molecule has 0 unspecified atom stereocenters. The maximum atomic E-state index is 13.2. The van der Waals surface area contributed by atoms with E-state index in [1.54, 1.807) is 0 Å². The van der Waals surface area contributed by atoms with Crippen LogP contribution in [0.1, 0.15) is 13.3 Å². The molecule has 290 valence electrons. The number of hydrogen-bond acceptors (Lipinski definition) is 3. The molecule has 0 aliphatic heterocycles. The van der Waals surface area contributed by atoms with Crippen molar-refractivity contribution in [2.75, 3.05) is 19.8 Å². The normalized spacial score (nSPS) is 16.5. The van der Waals surface area contributed by atoms with Crippen LogP contribution < -0.4 is 0 Å². The lowest BCUT2D eigenvalue weighted by molar-refractivity contribution is -0.474. The third-order valence-corrected chi connectivity index (χ3v) is 6.13. The van der Waals surface area contributed by atoms with Gasteiger partial charge in [-0.2, -0.15) is 119 Å². The van der Waals surface area contributed by atoms with Crippen LogP contribution in [-0.2, 0) is 14.2 Å². The third-order valence-electron chi connectivity index (χ3n) is 6.13. The van der Waals surface area contributed by atoms with E-state index in [1.807, 2.05) is 0 Å². The summed E-state index contributed by atoms with van der Waals surface area (Å²) in [5.41, 5.74) is -28.2. The standard InChI is InChI=1S/C18H11F27O3/c1-2-6(3-46-7(10(19,20)21,11(22,23)24)12(25,26)27,4-47-8(13(28,29)30,14(31,32)33)15(34,35)36)5-48-9(16(37,38)39,17(40,41)42)18(43,44)45/h2-5H2,1H3. The number of rotatable bonds is 10. The van der Waals surface area contributed by atoms with Crippen LogP contribution in [-0.4, -0.2) is 92.2 Å². The number of halogens is 27. The van der Waals surface area contributed by atoms with Gasteiger partial charge in [0, 0.05) is 5.41 Å². The van der Waals surface area contributed by atoms with Crippen molar-refractivity contribution in [3.8, 4) is 0 Å². The van der Waals surface area contributed by atoms with Crippen molar-refractivity contribution in [1.29, 1.82) is 0 Å². The minimum atomic E-state index is -7.95. The molecule has 0 radical (unpaired) electrons. The lowest BCUT2D eigenvalue weighted by Crippen LogP contribution is -2.70. The molecule has 0 aliphatic rings. The third kappa shape index (κ3) is 7.66. The summed E-state index contributed by atoms with van der Waals surface area (Å²) in [5.74, 6) is 0. The van der Waals surface area contributed by atoms with E-state index in [1.165, 1.54) is 0 Å². The molecule has 0 aromatic carbocycles. The highest BCUT2D eigenvalue weighted by molar-refractivity contribution is 5.06. The maximum absolute atomic E-state index is 13.2. The molecule has 0 aromatic heterocycles. The van der Waals surface area contributed by atoms with Crippen LogP contribution in [0.15, 0.2) is 0 Å². The highest BCUT2D eigenvalue weighted by Gasteiger charge is 2.88. The molecule has 0 saturated heterocycles. The molecular weight excluding hydrogens is 777 g/mol. The first kappa shape index (κ1) is 46.0. The molecule has 30 heteroatoms. The number of ether oxygens (including phenoxy) is 3. The van der Waals surface area contributed by atoms with Gasteiger partial charge in [-0.15, -0.1) is 0 Å². The summed E-state index contributed by atoms with van der Waals surface area (Å²) in [7, 11) is 0. The Morgan fingerprint density at radius 3 is 0.479 bits per heavy atom. The van der Waals surface area contributed by atoms with E-state index in [2.05, 4.69) is 14.2 Å². The van der Waals surface area contributed by atoms with Gasteiger partial charge in [0.25, 0.3) is 0 Å². The predicted octanol–water partition coefficient (Wildman–Crippen LogP) is 9.71. The molecule has 3 nitrogen and oxygen atoms in total. The van der Waals surface area contributed by atoms with Gasteiger partial charge in [0.05, 0.1) is 19.8 Å². The van der Waals surface area contributed by atoms with Crippen molar-refractivity contribution in [1.82, 2.24) is 0 Å². The van der Waals surface area contributed by atoms with Gasteiger partial charge in [0.15, 0.2) is 0 Å². The van der Waals surface area contributed by atoms with Crippen molar-refractivity contribution in [3.05, 3.63) is 0 Å². The summed E-state index contributed by atoms with van der Waals surface area (Å²) in [5, 5.41) is 0. The first-order chi connectivity index (χ1) is 20.4. The predicted molar refractivity (Wildman–Crippen MR) is 93.3 cm³/mol. The monoisotopic (exact) mass is 788 g/mol. The van der Waals surface area contributed by atoms with E-state index in [9.17, 15) is 119 Å². The molecular formula is C18H11F27O3. The molecule has 0 bridgehead atoms. The fourth-order valence-electron chi connectivity index (χ4n) is 3.40. The zero-order valence-corrected chi connectivity index (χ0v) is 21.8. The average Bonchev–Trinajstić information content (AvgIpc) is 2.70. The molecule has 0 aliphatic carbocycles. The van der Waals surface area contributed by atoms with Gasteiger partial charge in [-0.25, -0.2) is 0 Å². The van der Waals surface area contributed by atoms with Crippen LogP contribution in [0.3, 0.4) is 0 Å². The van der Waals surface area contributed by atoms with Gasteiger partial charge in [0.1, 0.15) is 0 Å². The molecule has 0 fully saturated rings. The van der Waals surface area contributed by atoms with Crippen LogP contribution in [0.2, 0.25) is 0 Å². The van der Waals surface area contributed by atoms with Crippen LogP contribution in [0.25, 0.3) is 0 Å². The second kappa shape index (κ2) is 12.6. The van der Waals surface area contributed by atoms with E-state index in [0.717, 1.165) is 0 Å². The lowest BCUT2D eigenvalue weighted by atomic mass is 9.86. The summed E-state index contributed by atoms with van der Waals surface area (Å²) in [6, 6.07) is 0. The van der Waals surface area contributed by atoms with Crippen molar-refractivity contribution in [2.24, 2.45) is 5.41 Å². The first-order valence-corrected chi connectivity index (χ1v) is 11.0. The van der Waals surface area contributed by atoms with E-state index in [-0.39, 0.29) is 6.92 Å². The second-order valence-corrected chi connectivity index (χ2v) is 9.24. The van der Waals surface area contributed by atoms with Gasteiger partial charge in [0.2, 0.25) is 0 Å². The Hall–Kier alpha value is -2.01. The summed E-state index contributed by atoms with van der Waals surface area (Å²) in [6.45, 7) is -11.6. The number of hydrogen-bond donors (Lipinski definition) is 0. The van der Waals surface area contributed by atoms with E-state index in [0.29, 0.717) is 0 Å². The highest BCUT2D eigenvalue weighted by Crippen LogP contribution is 2.59. The molecule has 0 aromatic rings. The average molecular weight is 788 g/mol. The van der Waals surface area contributed by atoms with Crippen LogP contribution in [0.5, 0.6) is 0 Å². The SMILES string of the molecule is CCC(COC(C(F)(F)F)(C(F)(F)F)C(F)(F)F)(COC(C(F)(F)F)(C(F)(F)F)C(F)(F)F)COC(C(F)(F)F)(C(F)(F)F)C(F)(F)F. The van der Waals surface area contributed by atoms with Crippen molar-refractivity contribution < 1.29 is 133 Å². The number of alkyl halides is 27. The zero-order chi connectivity index (χ0) is 39.4. The Kier molecular flexibility index (Phi) is 12.1. The summed E-state index contributed by atoms with van der Waals surface area (Å²) in [6.07, 6.45) is -74.0. The van der Waals surface area contributed by atoms with Gasteiger partial charge < -0.3 is 14.2 Å². The maximum Gasteiger partial charge on any atom is 0.435 e. The Morgan fingerprint density at radius 2 is 0.396 bits per heavy atom. The highest BCUT2D eigenvalue weighted by atomic mass is 19.5. The molecule has 0 N–H and O–H groups in total. The first-order valence-electron chi connectivity index (χ1n) is 11.0. The Morgan fingerprint density at radius 1 is 0.271 bits per heavy atom. The topological polar surface area (TPSA) is 27.7 Å². The van der Waals surface area contributed by atoms with Gasteiger partial charge in [-0.05, 0) is 6.42 Å². The smallest absolute Gasteiger partial charge is 0.350 e. The van der Waals surface area contributed by atoms with E-state index >= 15 is 0 Å². The molecule has 0 spiro atoms. The minimum absolute atomic E-state index is 0.209. The Balaban J connectivity index is 7.93. The molecule has 0 saturated carbocycles. The quantitative estimate of drug-likeness (QED) is 0.207.